The topological polar surface area (TPSA) is 36.4 Å². The van der Waals surface area contributed by atoms with Crippen LogP contribution in [0.25, 0.3) is 10.9 Å². The minimum atomic E-state index is -0.468. The molecule has 1 spiro atoms. The first-order valence-corrected chi connectivity index (χ1v) is 10.1. The monoisotopic (exact) mass is 417 g/mol. The van der Waals surface area contributed by atoms with E-state index in [0.29, 0.717) is 16.0 Å². The summed E-state index contributed by atoms with van der Waals surface area (Å²) in [5, 5.41) is 0.894. The zero-order valence-corrected chi connectivity index (χ0v) is 16.4. The van der Waals surface area contributed by atoms with Gasteiger partial charge in [0.1, 0.15) is 5.82 Å². The molecule has 5 rings (SSSR count). The molecule has 1 aromatic carbocycles. The van der Waals surface area contributed by atoms with E-state index in [9.17, 15) is 9.18 Å². The summed E-state index contributed by atoms with van der Waals surface area (Å²) in [6.07, 6.45) is 7.27. The first-order valence-electron chi connectivity index (χ1n) is 9.32. The SMILES string of the molecule is CN1c2cnc3cc(F)c(Br)cc3c2[C@]2(C[C@H](N3CCCCC3)C2)C1=O. The van der Waals surface area contributed by atoms with Crippen molar-refractivity contribution in [2.45, 2.75) is 43.6 Å². The average molecular weight is 418 g/mol. The number of anilines is 1. The maximum Gasteiger partial charge on any atom is 0.237 e. The van der Waals surface area contributed by atoms with Gasteiger partial charge in [-0.2, -0.15) is 0 Å². The van der Waals surface area contributed by atoms with Crippen molar-refractivity contribution in [3.05, 3.63) is 34.2 Å². The van der Waals surface area contributed by atoms with Crippen molar-refractivity contribution in [2.24, 2.45) is 0 Å². The van der Waals surface area contributed by atoms with Crippen LogP contribution in [0.5, 0.6) is 0 Å². The van der Waals surface area contributed by atoms with Gasteiger partial charge in [0.2, 0.25) is 5.91 Å². The van der Waals surface area contributed by atoms with E-state index in [2.05, 4.69) is 25.8 Å². The summed E-state index contributed by atoms with van der Waals surface area (Å²) in [7, 11) is 1.83. The molecule has 2 fully saturated rings. The summed E-state index contributed by atoms with van der Waals surface area (Å²) in [5.41, 5.74) is 2.07. The molecule has 2 aliphatic heterocycles. The lowest BCUT2D eigenvalue weighted by molar-refractivity contribution is -0.128. The van der Waals surface area contributed by atoms with E-state index in [-0.39, 0.29) is 11.7 Å². The Labute approximate surface area is 160 Å². The highest BCUT2D eigenvalue weighted by Crippen LogP contribution is 2.56. The fraction of sp³-hybridized carbons (Fsp3) is 0.500. The van der Waals surface area contributed by atoms with Crippen LogP contribution in [0.15, 0.2) is 22.8 Å². The molecule has 3 aliphatic rings. The quantitative estimate of drug-likeness (QED) is 0.703. The molecule has 2 aromatic rings. The number of piperidine rings is 1. The van der Waals surface area contributed by atoms with Gasteiger partial charge >= 0.3 is 0 Å². The third-order valence-electron chi connectivity index (χ3n) is 6.52. The van der Waals surface area contributed by atoms with Crippen molar-refractivity contribution < 1.29 is 9.18 Å². The lowest BCUT2D eigenvalue weighted by Crippen LogP contribution is -2.58. The van der Waals surface area contributed by atoms with Crippen LogP contribution >= 0.6 is 15.9 Å². The predicted molar refractivity (Wildman–Crippen MR) is 103 cm³/mol. The standard InChI is InChI=1S/C20H21BrFN3O/c1-24-17-11-23-16-8-15(22)14(21)7-13(16)18(17)20(19(24)26)9-12(10-20)25-5-3-2-4-6-25/h7-8,11-12H,2-6,9-10H2,1H3/t12-,20+. The van der Waals surface area contributed by atoms with Crippen molar-refractivity contribution >= 4 is 38.4 Å². The molecule has 26 heavy (non-hydrogen) atoms. The van der Waals surface area contributed by atoms with E-state index in [1.807, 2.05) is 7.05 Å². The number of pyridine rings is 1. The number of fused-ring (bicyclic) bond motifs is 4. The van der Waals surface area contributed by atoms with E-state index < -0.39 is 5.41 Å². The maximum atomic E-state index is 14.0. The Bertz CT molecular complexity index is 919. The zero-order chi connectivity index (χ0) is 18.1. The summed E-state index contributed by atoms with van der Waals surface area (Å²) >= 11 is 3.30. The highest BCUT2D eigenvalue weighted by Gasteiger charge is 2.59. The molecule has 0 N–H and O–H groups in total. The minimum absolute atomic E-state index is 0.163. The molecule has 0 radical (unpaired) electrons. The summed E-state index contributed by atoms with van der Waals surface area (Å²) < 4.78 is 14.4. The fourth-order valence-electron chi connectivity index (χ4n) is 5.14. The van der Waals surface area contributed by atoms with E-state index in [1.165, 1.54) is 25.3 Å². The summed E-state index contributed by atoms with van der Waals surface area (Å²) in [4.78, 5) is 21.9. The van der Waals surface area contributed by atoms with Gasteiger partial charge in [-0.05, 0) is 60.8 Å². The van der Waals surface area contributed by atoms with Crippen molar-refractivity contribution in [3.63, 3.8) is 0 Å². The summed E-state index contributed by atoms with van der Waals surface area (Å²) in [5.74, 6) is -0.160. The Morgan fingerprint density at radius 3 is 2.69 bits per heavy atom. The largest absolute Gasteiger partial charge is 0.313 e. The highest BCUT2D eigenvalue weighted by molar-refractivity contribution is 9.10. The van der Waals surface area contributed by atoms with Crippen LogP contribution in [-0.4, -0.2) is 42.0 Å². The van der Waals surface area contributed by atoms with Crippen LogP contribution in [-0.2, 0) is 10.2 Å². The molecule has 1 aromatic heterocycles. The maximum absolute atomic E-state index is 14.0. The second-order valence-electron chi connectivity index (χ2n) is 7.91. The Kier molecular flexibility index (Phi) is 3.67. The molecule has 1 saturated carbocycles. The predicted octanol–water partition coefficient (Wildman–Crippen LogP) is 4.00. The second kappa shape index (κ2) is 5.73. The average Bonchev–Trinajstić information content (AvgIpc) is 2.84. The smallest absolute Gasteiger partial charge is 0.237 e. The molecule has 1 aliphatic carbocycles. The number of carbonyl (C=O) groups excluding carboxylic acids is 1. The van der Waals surface area contributed by atoms with Crippen LogP contribution in [0.2, 0.25) is 0 Å². The van der Waals surface area contributed by atoms with E-state index in [4.69, 9.17) is 0 Å². The lowest BCUT2D eigenvalue weighted by Gasteiger charge is -2.50. The second-order valence-corrected chi connectivity index (χ2v) is 8.76. The molecule has 6 heteroatoms. The van der Waals surface area contributed by atoms with Crippen molar-refractivity contribution in [1.29, 1.82) is 0 Å². The Balaban J connectivity index is 1.60. The van der Waals surface area contributed by atoms with Crippen LogP contribution in [0.4, 0.5) is 10.1 Å². The number of rotatable bonds is 1. The number of carbonyl (C=O) groups is 1. The summed E-state index contributed by atoms with van der Waals surface area (Å²) in [6.45, 7) is 2.29. The molecule has 1 saturated heterocycles. The molecule has 1 amide bonds. The van der Waals surface area contributed by atoms with Gasteiger partial charge in [-0.1, -0.05) is 6.42 Å². The van der Waals surface area contributed by atoms with E-state index >= 15 is 0 Å². The third kappa shape index (κ3) is 2.15. The van der Waals surface area contributed by atoms with E-state index in [0.717, 1.165) is 42.6 Å². The molecule has 0 bridgehead atoms. The number of halogens is 2. The Morgan fingerprint density at radius 1 is 1.23 bits per heavy atom. The third-order valence-corrected chi connectivity index (χ3v) is 7.13. The van der Waals surface area contributed by atoms with Crippen LogP contribution < -0.4 is 4.90 Å². The van der Waals surface area contributed by atoms with Crippen LogP contribution in [0, 0.1) is 5.82 Å². The van der Waals surface area contributed by atoms with Gasteiger partial charge in [0, 0.05) is 30.1 Å². The summed E-state index contributed by atoms with van der Waals surface area (Å²) in [6, 6.07) is 3.72. The highest BCUT2D eigenvalue weighted by atomic mass is 79.9. The van der Waals surface area contributed by atoms with Gasteiger partial charge in [-0.3, -0.25) is 9.78 Å². The number of likely N-dealkylation sites (N-methyl/N-ethyl adjacent to an activating group) is 1. The molecule has 4 nitrogen and oxygen atoms in total. The minimum Gasteiger partial charge on any atom is -0.313 e. The van der Waals surface area contributed by atoms with E-state index in [1.54, 1.807) is 17.2 Å². The Morgan fingerprint density at radius 2 is 1.96 bits per heavy atom. The van der Waals surface area contributed by atoms with Crippen LogP contribution in [0.3, 0.4) is 0 Å². The molecular formula is C20H21BrFN3O. The van der Waals surface area contributed by atoms with Crippen molar-refractivity contribution in [2.75, 3.05) is 25.0 Å². The number of nitrogens with zero attached hydrogens (tertiary/aromatic N) is 3. The number of aromatic nitrogens is 1. The molecular weight excluding hydrogens is 397 g/mol. The van der Waals surface area contributed by atoms with Gasteiger partial charge in [0.25, 0.3) is 0 Å². The molecule has 0 atom stereocenters. The first kappa shape index (κ1) is 16.6. The number of hydrogen-bond acceptors (Lipinski definition) is 3. The van der Waals surface area contributed by atoms with Gasteiger partial charge in [0.05, 0.1) is 27.3 Å². The number of hydrogen-bond donors (Lipinski definition) is 0. The Hall–Kier alpha value is -1.53. The number of amides is 1. The van der Waals surface area contributed by atoms with Crippen molar-refractivity contribution in [1.82, 2.24) is 9.88 Å². The molecule has 136 valence electrons. The van der Waals surface area contributed by atoms with Gasteiger partial charge in [-0.15, -0.1) is 0 Å². The van der Waals surface area contributed by atoms with Gasteiger partial charge in [-0.25, -0.2) is 4.39 Å². The fourth-order valence-corrected chi connectivity index (χ4v) is 5.48. The number of benzene rings is 1. The zero-order valence-electron chi connectivity index (χ0n) is 14.8. The molecule has 3 heterocycles. The van der Waals surface area contributed by atoms with Crippen LogP contribution in [0.1, 0.15) is 37.7 Å². The first-order chi connectivity index (χ1) is 12.5. The lowest BCUT2D eigenvalue weighted by atomic mass is 9.61. The van der Waals surface area contributed by atoms with Gasteiger partial charge in [0.15, 0.2) is 0 Å². The number of likely N-dealkylation sites (tertiary alicyclic amines) is 1. The normalized spacial score (nSPS) is 28.7. The molecule has 0 unspecified atom stereocenters. The van der Waals surface area contributed by atoms with Gasteiger partial charge < -0.3 is 9.80 Å². The van der Waals surface area contributed by atoms with Crippen molar-refractivity contribution in [3.8, 4) is 0 Å².